The van der Waals surface area contributed by atoms with Crippen molar-refractivity contribution in [1.82, 2.24) is 4.90 Å². The molecule has 0 amide bonds. The Morgan fingerprint density at radius 2 is 1.74 bits per heavy atom. The van der Waals surface area contributed by atoms with E-state index in [1.54, 1.807) is 0 Å². The standard InChI is InChI=1S/C27H47NO2.Na/c1-19(8-7-17-28(4)18-25(29)30)22-12-13-23-21-11-10-20-9-5-6-15-26(20,2)24(21)14-16-27(22,23)3;/h19-24H,5-18H2,1-4H3,(H,29,30);/q;+1/p-1/t19-,20?,21+,22-,23+,24+,26+,27-;/m1./s1. The Morgan fingerprint density at radius 1 is 1.00 bits per heavy atom. The number of nitrogens with zero attached hydrogens (tertiary/aromatic N) is 1. The summed E-state index contributed by atoms with van der Waals surface area (Å²) in [6.45, 7) is 8.77. The summed E-state index contributed by atoms with van der Waals surface area (Å²) in [5.41, 5.74) is 1.20. The molecule has 0 N–H and O–H groups in total. The van der Waals surface area contributed by atoms with E-state index in [4.69, 9.17) is 0 Å². The van der Waals surface area contributed by atoms with Crippen LogP contribution in [0.5, 0.6) is 0 Å². The molecule has 4 saturated carbocycles. The summed E-state index contributed by atoms with van der Waals surface area (Å²) in [5.74, 6) is 4.64. The molecule has 3 nitrogen and oxygen atoms in total. The van der Waals surface area contributed by atoms with Crippen LogP contribution in [-0.4, -0.2) is 31.0 Å². The van der Waals surface area contributed by atoms with E-state index < -0.39 is 5.97 Å². The molecule has 0 radical (unpaired) electrons. The molecule has 0 spiro atoms. The van der Waals surface area contributed by atoms with Gasteiger partial charge in [-0.15, -0.1) is 0 Å². The number of carbonyl (C=O) groups excluding carboxylic acids is 1. The largest absolute Gasteiger partial charge is 1.00 e. The average molecular weight is 440 g/mol. The van der Waals surface area contributed by atoms with Gasteiger partial charge in [0.05, 0.1) is 5.97 Å². The van der Waals surface area contributed by atoms with Crippen molar-refractivity contribution in [3.63, 3.8) is 0 Å². The molecular formula is C27H46NNaO2. The Balaban J connectivity index is 0.00000272. The van der Waals surface area contributed by atoms with Crippen molar-refractivity contribution in [2.45, 2.75) is 97.8 Å². The van der Waals surface area contributed by atoms with Crippen LogP contribution >= 0.6 is 0 Å². The Morgan fingerprint density at radius 3 is 2.48 bits per heavy atom. The number of carbonyl (C=O) groups is 1. The van der Waals surface area contributed by atoms with Crippen LogP contribution in [-0.2, 0) is 4.79 Å². The third-order valence-corrected chi connectivity index (χ3v) is 10.9. The van der Waals surface area contributed by atoms with Gasteiger partial charge in [-0.2, -0.15) is 0 Å². The molecule has 0 aromatic carbocycles. The molecule has 4 aliphatic rings. The molecule has 4 rings (SSSR count). The SMILES string of the molecule is C[C@H](CCCN(C)CC(=O)[O-])[C@H]1CC[C@H]2[C@@H]3CCC4CCCC[C@]4(C)[C@H]3CC[C@]12C.[Na+]. The monoisotopic (exact) mass is 439 g/mol. The number of hydrogen-bond acceptors (Lipinski definition) is 3. The van der Waals surface area contributed by atoms with Crippen LogP contribution in [0.4, 0.5) is 0 Å². The van der Waals surface area contributed by atoms with Crippen LogP contribution in [0.25, 0.3) is 0 Å². The van der Waals surface area contributed by atoms with Gasteiger partial charge >= 0.3 is 29.6 Å². The molecule has 0 bridgehead atoms. The first-order chi connectivity index (χ1) is 14.3. The second-order valence-electron chi connectivity index (χ2n) is 12.4. The van der Waals surface area contributed by atoms with Crippen molar-refractivity contribution in [2.75, 3.05) is 20.1 Å². The third kappa shape index (κ3) is 4.96. The van der Waals surface area contributed by atoms with Crippen molar-refractivity contribution >= 4 is 5.97 Å². The van der Waals surface area contributed by atoms with Crippen LogP contribution in [0.3, 0.4) is 0 Å². The summed E-state index contributed by atoms with van der Waals surface area (Å²) < 4.78 is 0. The van der Waals surface area contributed by atoms with E-state index in [9.17, 15) is 9.90 Å². The number of likely N-dealkylation sites (N-methyl/N-ethyl adjacent to an activating group) is 1. The van der Waals surface area contributed by atoms with Crippen LogP contribution in [0, 0.1) is 46.3 Å². The Labute approximate surface area is 213 Å². The van der Waals surface area contributed by atoms with E-state index in [-0.39, 0.29) is 36.1 Å². The molecule has 0 saturated heterocycles. The van der Waals surface area contributed by atoms with Gasteiger partial charge in [0.15, 0.2) is 0 Å². The summed E-state index contributed by atoms with van der Waals surface area (Å²) in [7, 11) is 1.90. The fourth-order valence-corrected chi connectivity index (χ4v) is 9.45. The van der Waals surface area contributed by atoms with Crippen molar-refractivity contribution in [3.05, 3.63) is 0 Å². The minimum absolute atomic E-state index is 0. The number of fused-ring (bicyclic) bond motifs is 5. The molecule has 31 heavy (non-hydrogen) atoms. The van der Waals surface area contributed by atoms with E-state index in [2.05, 4.69) is 20.8 Å². The minimum atomic E-state index is -0.963. The fourth-order valence-electron chi connectivity index (χ4n) is 9.45. The molecule has 0 aromatic rings. The summed E-state index contributed by atoms with van der Waals surface area (Å²) in [4.78, 5) is 12.7. The molecule has 8 atom stereocenters. The summed E-state index contributed by atoms with van der Waals surface area (Å²) in [6.07, 6.45) is 17.2. The van der Waals surface area contributed by atoms with Gasteiger partial charge in [0.2, 0.25) is 0 Å². The van der Waals surface area contributed by atoms with E-state index in [1.165, 1.54) is 70.6 Å². The van der Waals surface area contributed by atoms with Gasteiger partial charge in [0.1, 0.15) is 0 Å². The predicted octanol–water partition coefficient (Wildman–Crippen LogP) is 2.14. The average Bonchev–Trinajstić information content (AvgIpc) is 3.04. The summed E-state index contributed by atoms with van der Waals surface area (Å²) in [5, 5.41) is 10.8. The van der Waals surface area contributed by atoms with Crippen LogP contribution in [0.15, 0.2) is 0 Å². The normalized spacial score (nSPS) is 42.8. The maximum atomic E-state index is 10.8. The fraction of sp³-hybridized carbons (Fsp3) is 0.963. The maximum absolute atomic E-state index is 10.8. The van der Waals surface area contributed by atoms with Gasteiger partial charge in [-0.25, -0.2) is 0 Å². The second kappa shape index (κ2) is 10.4. The second-order valence-corrected chi connectivity index (χ2v) is 12.4. The van der Waals surface area contributed by atoms with Crippen LogP contribution < -0.4 is 34.7 Å². The van der Waals surface area contributed by atoms with Crippen molar-refractivity contribution in [3.8, 4) is 0 Å². The molecule has 0 heterocycles. The predicted molar refractivity (Wildman–Crippen MR) is 121 cm³/mol. The van der Waals surface area contributed by atoms with Gasteiger partial charge in [0, 0.05) is 6.54 Å². The van der Waals surface area contributed by atoms with Gasteiger partial charge in [-0.1, -0.05) is 33.6 Å². The zero-order chi connectivity index (χ0) is 21.5. The molecule has 172 valence electrons. The van der Waals surface area contributed by atoms with Crippen LogP contribution in [0.1, 0.15) is 97.8 Å². The van der Waals surface area contributed by atoms with E-state index in [0.717, 1.165) is 48.5 Å². The Hall–Kier alpha value is 0.430. The summed E-state index contributed by atoms with van der Waals surface area (Å²) in [6, 6.07) is 0. The number of carboxylic acid groups (broad SMARTS) is 1. The number of aliphatic carboxylic acids is 1. The molecule has 0 aromatic heterocycles. The van der Waals surface area contributed by atoms with Crippen molar-refractivity contribution in [1.29, 1.82) is 0 Å². The van der Waals surface area contributed by atoms with Crippen LogP contribution in [0.2, 0.25) is 0 Å². The van der Waals surface area contributed by atoms with Gasteiger partial charge in [-0.05, 0) is 124 Å². The van der Waals surface area contributed by atoms with E-state index in [0.29, 0.717) is 10.8 Å². The first-order valence-electron chi connectivity index (χ1n) is 13.1. The van der Waals surface area contributed by atoms with Crippen molar-refractivity contribution in [2.24, 2.45) is 46.3 Å². The number of rotatable bonds is 7. The van der Waals surface area contributed by atoms with E-state index in [1.807, 2.05) is 11.9 Å². The Bertz CT molecular complexity index is 626. The smallest absolute Gasteiger partial charge is 0.549 e. The molecule has 4 heteroatoms. The zero-order valence-corrected chi connectivity index (χ0v) is 23.1. The maximum Gasteiger partial charge on any atom is 1.00 e. The molecule has 0 aliphatic heterocycles. The van der Waals surface area contributed by atoms with Gasteiger partial charge in [0.25, 0.3) is 0 Å². The van der Waals surface area contributed by atoms with Crippen molar-refractivity contribution < 1.29 is 39.5 Å². The molecular weight excluding hydrogens is 393 g/mol. The molecule has 4 aliphatic carbocycles. The van der Waals surface area contributed by atoms with Gasteiger partial charge < -0.3 is 14.8 Å². The quantitative estimate of drug-likeness (QED) is 0.571. The molecule has 1 unspecified atom stereocenters. The van der Waals surface area contributed by atoms with Gasteiger partial charge in [-0.3, -0.25) is 0 Å². The first-order valence-corrected chi connectivity index (χ1v) is 13.1. The number of carboxylic acids is 1. The minimum Gasteiger partial charge on any atom is -0.549 e. The third-order valence-electron chi connectivity index (χ3n) is 10.9. The topological polar surface area (TPSA) is 43.4 Å². The van der Waals surface area contributed by atoms with E-state index >= 15 is 0 Å². The molecule has 4 fully saturated rings. The number of hydrogen-bond donors (Lipinski definition) is 0. The summed E-state index contributed by atoms with van der Waals surface area (Å²) >= 11 is 0. The first kappa shape index (κ1) is 26.0. The zero-order valence-electron chi connectivity index (χ0n) is 21.1. The Kier molecular flexibility index (Phi) is 8.71.